The molecule has 1 saturated heterocycles. The molecule has 0 radical (unpaired) electrons. The zero-order valence-electron chi connectivity index (χ0n) is 12.0. The molecule has 1 aliphatic rings. The van der Waals surface area contributed by atoms with Gasteiger partial charge < -0.3 is 15.7 Å². The highest BCUT2D eigenvalue weighted by atomic mass is 16.3. The molecule has 21 heavy (non-hydrogen) atoms. The quantitative estimate of drug-likeness (QED) is 0.835. The first-order chi connectivity index (χ1) is 10.1. The van der Waals surface area contributed by atoms with E-state index in [1.165, 1.54) is 0 Å². The first-order valence-corrected chi connectivity index (χ1v) is 7.19. The van der Waals surface area contributed by atoms with Crippen molar-refractivity contribution in [2.24, 2.45) is 5.92 Å². The summed E-state index contributed by atoms with van der Waals surface area (Å²) in [7, 11) is 0. The second-order valence-corrected chi connectivity index (χ2v) is 5.70. The summed E-state index contributed by atoms with van der Waals surface area (Å²) in [5.41, 5.74) is 6.32. The van der Waals surface area contributed by atoms with Gasteiger partial charge in [-0.25, -0.2) is 4.98 Å². The number of likely N-dealkylation sites (tertiary alicyclic amines) is 1. The van der Waals surface area contributed by atoms with Gasteiger partial charge in [0.25, 0.3) is 5.91 Å². The van der Waals surface area contributed by atoms with Crippen LogP contribution in [0.1, 0.15) is 23.8 Å². The highest BCUT2D eigenvalue weighted by Crippen LogP contribution is 2.23. The number of fused-ring (bicyclic) bond motifs is 1. The molecule has 1 amide bonds. The van der Waals surface area contributed by atoms with Crippen molar-refractivity contribution in [3.05, 3.63) is 36.0 Å². The normalized spacial score (nSPS) is 22.5. The van der Waals surface area contributed by atoms with Crippen molar-refractivity contribution in [3.8, 4) is 0 Å². The summed E-state index contributed by atoms with van der Waals surface area (Å²) in [6.07, 6.45) is 0.277. The van der Waals surface area contributed by atoms with Gasteiger partial charge in [-0.1, -0.05) is 31.2 Å². The molecule has 0 spiro atoms. The third kappa shape index (κ3) is 2.56. The van der Waals surface area contributed by atoms with Gasteiger partial charge in [0.1, 0.15) is 11.5 Å². The van der Waals surface area contributed by atoms with Crippen molar-refractivity contribution in [2.45, 2.75) is 19.4 Å². The average molecular weight is 285 g/mol. The highest BCUT2D eigenvalue weighted by Gasteiger charge is 2.28. The van der Waals surface area contributed by atoms with Crippen LogP contribution in [0.2, 0.25) is 0 Å². The van der Waals surface area contributed by atoms with Crippen LogP contribution >= 0.6 is 0 Å². The lowest BCUT2D eigenvalue weighted by Gasteiger charge is -2.34. The topological polar surface area (TPSA) is 79.5 Å². The van der Waals surface area contributed by atoms with E-state index in [-0.39, 0.29) is 17.9 Å². The van der Waals surface area contributed by atoms with Crippen molar-refractivity contribution in [2.75, 3.05) is 18.8 Å². The van der Waals surface area contributed by atoms with Gasteiger partial charge in [-0.05, 0) is 23.8 Å². The Hall–Kier alpha value is -2.14. The van der Waals surface area contributed by atoms with Gasteiger partial charge in [0, 0.05) is 18.5 Å². The molecule has 2 atom stereocenters. The Balaban J connectivity index is 1.91. The number of benzene rings is 1. The molecule has 3 rings (SSSR count). The lowest BCUT2D eigenvalue weighted by Crippen LogP contribution is -2.45. The molecule has 5 nitrogen and oxygen atoms in total. The molecule has 3 N–H and O–H groups in total. The van der Waals surface area contributed by atoms with E-state index in [2.05, 4.69) is 4.98 Å². The third-order valence-corrected chi connectivity index (χ3v) is 4.14. The Morgan fingerprint density at radius 3 is 2.95 bits per heavy atom. The van der Waals surface area contributed by atoms with Crippen LogP contribution in [0.4, 0.5) is 5.82 Å². The number of nitrogen functional groups attached to an aromatic ring is 1. The number of anilines is 1. The van der Waals surface area contributed by atoms with E-state index in [0.717, 1.165) is 10.8 Å². The minimum absolute atomic E-state index is 0.0838. The van der Waals surface area contributed by atoms with Crippen LogP contribution in [0.5, 0.6) is 0 Å². The van der Waals surface area contributed by atoms with Gasteiger partial charge in [-0.15, -0.1) is 0 Å². The number of hydrogen-bond acceptors (Lipinski definition) is 4. The zero-order valence-corrected chi connectivity index (χ0v) is 12.0. The molecule has 1 fully saturated rings. The Labute approximate surface area is 123 Å². The minimum Gasteiger partial charge on any atom is -0.393 e. The van der Waals surface area contributed by atoms with Crippen LogP contribution in [0.25, 0.3) is 10.8 Å². The van der Waals surface area contributed by atoms with Gasteiger partial charge in [-0.3, -0.25) is 4.79 Å². The Kier molecular flexibility index (Phi) is 3.51. The van der Waals surface area contributed by atoms with E-state index in [1.54, 1.807) is 11.0 Å². The SMILES string of the molecule is CC1CN(C(=O)c2cc3ccccc3c(N)n2)CCC1O. The molecule has 1 aliphatic heterocycles. The number of carbonyl (C=O) groups is 1. The van der Waals surface area contributed by atoms with Gasteiger partial charge in [0.2, 0.25) is 0 Å². The summed E-state index contributed by atoms with van der Waals surface area (Å²) in [6, 6.07) is 9.41. The zero-order chi connectivity index (χ0) is 15.0. The number of aromatic nitrogens is 1. The first kappa shape index (κ1) is 13.8. The van der Waals surface area contributed by atoms with E-state index in [0.29, 0.717) is 31.0 Å². The molecule has 1 aromatic carbocycles. The van der Waals surface area contributed by atoms with E-state index in [4.69, 9.17) is 5.73 Å². The van der Waals surface area contributed by atoms with Crippen LogP contribution in [0.15, 0.2) is 30.3 Å². The Morgan fingerprint density at radius 1 is 1.43 bits per heavy atom. The third-order valence-electron chi connectivity index (χ3n) is 4.14. The van der Waals surface area contributed by atoms with E-state index < -0.39 is 0 Å². The number of pyridine rings is 1. The summed E-state index contributed by atoms with van der Waals surface area (Å²) < 4.78 is 0. The Bertz CT molecular complexity index is 686. The van der Waals surface area contributed by atoms with Crippen LogP contribution in [0.3, 0.4) is 0 Å². The van der Waals surface area contributed by atoms with Gasteiger partial charge in [0.05, 0.1) is 6.10 Å². The van der Waals surface area contributed by atoms with Crippen LogP contribution < -0.4 is 5.73 Å². The maximum Gasteiger partial charge on any atom is 0.272 e. The van der Waals surface area contributed by atoms with Crippen molar-refractivity contribution in [3.63, 3.8) is 0 Å². The lowest BCUT2D eigenvalue weighted by atomic mass is 9.96. The Morgan fingerprint density at radius 2 is 2.19 bits per heavy atom. The maximum absolute atomic E-state index is 12.6. The smallest absolute Gasteiger partial charge is 0.272 e. The predicted molar refractivity (Wildman–Crippen MR) is 81.8 cm³/mol. The monoisotopic (exact) mass is 285 g/mol. The second kappa shape index (κ2) is 5.33. The standard InChI is InChI=1S/C16H19N3O2/c1-10-9-19(7-6-14(10)20)16(21)13-8-11-4-2-3-5-12(11)15(17)18-13/h2-5,8,10,14,20H,6-7,9H2,1H3,(H2,17,18). The fourth-order valence-corrected chi connectivity index (χ4v) is 2.81. The van der Waals surface area contributed by atoms with Crippen LogP contribution in [-0.4, -0.2) is 40.1 Å². The van der Waals surface area contributed by atoms with E-state index >= 15 is 0 Å². The molecule has 0 bridgehead atoms. The molecule has 0 saturated carbocycles. The molecule has 5 heteroatoms. The van der Waals surface area contributed by atoms with Crippen LogP contribution in [0, 0.1) is 5.92 Å². The summed E-state index contributed by atoms with van der Waals surface area (Å²) >= 11 is 0. The molecule has 1 aromatic heterocycles. The van der Waals surface area contributed by atoms with E-state index in [1.807, 2.05) is 31.2 Å². The van der Waals surface area contributed by atoms with Gasteiger partial charge >= 0.3 is 0 Å². The number of aliphatic hydroxyl groups is 1. The number of piperidine rings is 1. The van der Waals surface area contributed by atoms with Crippen molar-refractivity contribution in [1.29, 1.82) is 0 Å². The number of nitrogens with zero attached hydrogens (tertiary/aromatic N) is 2. The second-order valence-electron chi connectivity index (χ2n) is 5.70. The number of nitrogens with two attached hydrogens (primary N) is 1. The molecule has 110 valence electrons. The molecular weight excluding hydrogens is 266 g/mol. The number of carbonyl (C=O) groups excluding carboxylic acids is 1. The number of hydrogen-bond donors (Lipinski definition) is 2. The minimum atomic E-state index is -0.330. The fourth-order valence-electron chi connectivity index (χ4n) is 2.81. The fraction of sp³-hybridized carbons (Fsp3) is 0.375. The van der Waals surface area contributed by atoms with Gasteiger partial charge in [-0.2, -0.15) is 0 Å². The summed E-state index contributed by atoms with van der Waals surface area (Å²) in [4.78, 5) is 18.6. The molecular formula is C16H19N3O2. The van der Waals surface area contributed by atoms with Crippen LogP contribution in [-0.2, 0) is 0 Å². The van der Waals surface area contributed by atoms with Crippen molar-refractivity contribution >= 4 is 22.5 Å². The molecule has 2 heterocycles. The largest absolute Gasteiger partial charge is 0.393 e. The summed E-state index contributed by atoms with van der Waals surface area (Å²) in [5, 5.41) is 11.5. The highest BCUT2D eigenvalue weighted by molar-refractivity contribution is 5.99. The van der Waals surface area contributed by atoms with E-state index in [9.17, 15) is 9.90 Å². The van der Waals surface area contributed by atoms with Gasteiger partial charge in [0.15, 0.2) is 0 Å². The lowest BCUT2D eigenvalue weighted by molar-refractivity contribution is 0.0294. The number of rotatable bonds is 1. The summed E-state index contributed by atoms with van der Waals surface area (Å²) in [6.45, 7) is 3.06. The first-order valence-electron chi connectivity index (χ1n) is 7.19. The predicted octanol–water partition coefficient (Wildman–Crippen LogP) is 1.66. The average Bonchev–Trinajstić information content (AvgIpc) is 2.49. The van der Waals surface area contributed by atoms with Crippen molar-refractivity contribution in [1.82, 2.24) is 9.88 Å². The number of aliphatic hydroxyl groups excluding tert-OH is 1. The number of amides is 1. The molecule has 2 unspecified atom stereocenters. The summed E-state index contributed by atoms with van der Waals surface area (Å²) in [5.74, 6) is 0.341. The molecule has 2 aromatic rings. The maximum atomic E-state index is 12.6. The van der Waals surface area contributed by atoms with Crippen molar-refractivity contribution < 1.29 is 9.90 Å². The molecule has 0 aliphatic carbocycles.